The Hall–Kier alpha value is -2.22. The first kappa shape index (κ1) is 24.4. The Labute approximate surface area is 202 Å². The average Bonchev–Trinajstić information content (AvgIpc) is 3.19. The maximum atomic E-state index is 12.2. The van der Waals surface area contributed by atoms with E-state index in [4.69, 9.17) is 27.9 Å². The van der Waals surface area contributed by atoms with Crippen molar-refractivity contribution in [3.63, 3.8) is 0 Å². The Morgan fingerprint density at radius 1 is 1.16 bits per heavy atom. The van der Waals surface area contributed by atoms with E-state index in [-0.39, 0.29) is 12.5 Å². The predicted octanol–water partition coefficient (Wildman–Crippen LogP) is 6.07. The topological polar surface area (TPSA) is 69.0 Å². The minimum absolute atomic E-state index is 0.000728. The van der Waals surface area contributed by atoms with Crippen LogP contribution < -0.4 is 10.1 Å². The summed E-state index contributed by atoms with van der Waals surface area (Å²) in [5.74, 6) is 2.08. The van der Waals surface area contributed by atoms with E-state index in [1.165, 1.54) is 11.8 Å². The molecule has 1 amide bonds. The molecule has 0 fully saturated rings. The first-order valence-electron chi connectivity index (χ1n) is 10.4. The monoisotopic (exact) mass is 492 g/mol. The number of nitrogens with one attached hydrogen (secondary N) is 1. The summed E-state index contributed by atoms with van der Waals surface area (Å²) in [6.07, 6.45) is 3.49. The molecule has 0 saturated carbocycles. The number of thioether (sulfide) groups is 1. The van der Waals surface area contributed by atoms with Gasteiger partial charge in [0, 0.05) is 17.2 Å². The van der Waals surface area contributed by atoms with Gasteiger partial charge in [-0.05, 0) is 42.3 Å². The Morgan fingerprint density at radius 2 is 2.00 bits per heavy atom. The third-order valence-electron chi connectivity index (χ3n) is 4.80. The van der Waals surface area contributed by atoms with Crippen molar-refractivity contribution in [2.75, 3.05) is 7.11 Å². The zero-order chi connectivity index (χ0) is 22.9. The molecule has 2 aromatic carbocycles. The second-order valence-electron chi connectivity index (χ2n) is 7.20. The summed E-state index contributed by atoms with van der Waals surface area (Å²) in [7, 11) is 1.65. The smallest absolute Gasteiger partial charge is 0.220 e. The van der Waals surface area contributed by atoms with Gasteiger partial charge >= 0.3 is 0 Å². The van der Waals surface area contributed by atoms with Gasteiger partial charge in [0.2, 0.25) is 5.91 Å². The summed E-state index contributed by atoms with van der Waals surface area (Å²) in [6, 6.07) is 13.2. The molecule has 0 atom stereocenters. The largest absolute Gasteiger partial charge is 0.497 e. The molecule has 0 saturated heterocycles. The Bertz CT molecular complexity index is 1060. The van der Waals surface area contributed by atoms with Crippen LogP contribution in [-0.4, -0.2) is 27.8 Å². The van der Waals surface area contributed by atoms with Crippen molar-refractivity contribution in [2.45, 2.75) is 50.1 Å². The molecule has 1 N–H and O–H groups in total. The van der Waals surface area contributed by atoms with Gasteiger partial charge in [-0.25, -0.2) is 0 Å². The molecule has 0 aliphatic heterocycles. The molecule has 3 aromatic rings. The zero-order valence-electron chi connectivity index (χ0n) is 18.1. The molecular formula is C23H26Cl2N4O2S. The number of aromatic nitrogens is 3. The maximum absolute atomic E-state index is 12.2. The van der Waals surface area contributed by atoms with Crippen LogP contribution in [0.4, 0.5) is 0 Å². The lowest BCUT2D eigenvalue weighted by Crippen LogP contribution is -2.24. The van der Waals surface area contributed by atoms with Crippen LogP contribution in [0.15, 0.2) is 47.6 Å². The summed E-state index contributed by atoms with van der Waals surface area (Å²) >= 11 is 14.1. The van der Waals surface area contributed by atoms with Gasteiger partial charge in [0.15, 0.2) is 11.0 Å². The van der Waals surface area contributed by atoms with Gasteiger partial charge in [0.25, 0.3) is 0 Å². The van der Waals surface area contributed by atoms with Crippen LogP contribution in [0.3, 0.4) is 0 Å². The van der Waals surface area contributed by atoms with Crippen molar-refractivity contribution >= 4 is 40.9 Å². The number of rotatable bonds is 11. The fraction of sp³-hybridized carbons (Fsp3) is 0.348. The molecule has 0 unspecified atom stereocenters. The summed E-state index contributed by atoms with van der Waals surface area (Å²) in [6.45, 7) is 2.37. The van der Waals surface area contributed by atoms with E-state index in [1.54, 1.807) is 19.2 Å². The Kier molecular flexibility index (Phi) is 9.26. The lowest BCUT2D eigenvalue weighted by molar-refractivity contribution is -0.121. The van der Waals surface area contributed by atoms with Crippen molar-refractivity contribution in [1.29, 1.82) is 0 Å². The number of ether oxygens (including phenoxy) is 1. The van der Waals surface area contributed by atoms with Gasteiger partial charge < -0.3 is 10.1 Å². The highest BCUT2D eigenvalue weighted by Gasteiger charge is 2.18. The normalized spacial score (nSPS) is 10.9. The Morgan fingerprint density at radius 3 is 2.75 bits per heavy atom. The van der Waals surface area contributed by atoms with Crippen LogP contribution in [0, 0.1) is 0 Å². The average molecular weight is 493 g/mol. The fourth-order valence-corrected chi connectivity index (χ4v) is 4.52. The van der Waals surface area contributed by atoms with Crippen LogP contribution in [0.2, 0.25) is 10.0 Å². The van der Waals surface area contributed by atoms with E-state index in [9.17, 15) is 4.79 Å². The zero-order valence-corrected chi connectivity index (χ0v) is 20.4. The lowest BCUT2D eigenvalue weighted by atomic mass is 10.2. The number of benzene rings is 2. The highest BCUT2D eigenvalue weighted by Crippen LogP contribution is 2.31. The molecule has 32 heavy (non-hydrogen) atoms. The van der Waals surface area contributed by atoms with Gasteiger partial charge in [0.1, 0.15) is 5.75 Å². The highest BCUT2D eigenvalue weighted by molar-refractivity contribution is 7.98. The summed E-state index contributed by atoms with van der Waals surface area (Å²) in [5.41, 5.74) is 1.81. The second kappa shape index (κ2) is 12.1. The van der Waals surface area contributed by atoms with E-state index in [0.29, 0.717) is 38.9 Å². The quantitative estimate of drug-likeness (QED) is 0.259. The fourth-order valence-electron chi connectivity index (χ4n) is 3.12. The van der Waals surface area contributed by atoms with Crippen LogP contribution in [-0.2, 0) is 17.1 Å². The number of halogens is 2. The first-order chi connectivity index (χ1) is 15.5. The molecule has 1 aromatic heterocycles. The summed E-state index contributed by atoms with van der Waals surface area (Å²) < 4.78 is 7.18. The molecule has 170 valence electrons. The van der Waals surface area contributed by atoms with Gasteiger partial charge in [-0.15, -0.1) is 10.2 Å². The van der Waals surface area contributed by atoms with Gasteiger partial charge in [-0.2, -0.15) is 0 Å². The van der Waals surface area contributed by atoms with Crippen molar-refractivity contribution in [3.8, 4) is 11.4 Å². The van der Waals surface area contributed by atoms with E-state index in [0.717, 1.165) is 30.6 Å². The van der Waals surface area contributed by atoms with Crippen molar-refractivity contribution in [3.05, 3.63) is 63.9 Å². The van der Waals surface area contributed by atoms with Gasteiger partial charge in [0.05, 0.1) is 24.4 Å². The molecule has 0 aliphatic carbocycles. The van der Waals surface area contributed by atoms with Crippen molar-refractivity contribution in [2.24, 2.45) is 0 Å². The van der Waals surface area contributed by atoms with E-state index < -0.39 is 0 Å². The van der Waals surface area contributed by atoms with Crippen molar-refractivity contribution < 1.29 is 9.53 Å². The summed E-state index contributed by atoms with van der Waals surface area (Å²) in [5, 5.41) is 13.3. The number of amides is 1. The predicted molar refractivity (Wildman–Crippen MR) is 130 cm³/mol. The number of unbranched alkanes of at least 4 members (excludes halogenated alkanes) is 2. The second-order valence-corrected chi connectivity index (χ2v) is 8.99. The number of hydrogen-bond donors (Lipinski definition) is 1. The third kappa shape index (κ3) is 6.64. The van der Waals surface area contributed by atoms with E-state index >= 15 is 0 Å². The molecule has 0 spiro atoms. The first-order valence-corrected chi connectivity index (χ1v) is 12.2. The molecule has 0 radical (unpaired) electrons. The van der Waals surface area contributed by atoms with Crippen molar-refractivity contribution in [1.82, 2.24) is 20.1 Å². The van der Waals surface area contributed by atoms with Crippen LogP contribution >= 0.6 is 35.0 Å². The number of nitrogens with zero attached hydrogens (tertiary/aromatic N) is 3. The van der Waals surface area contributed by atoms with Gasteiger partial charge in [-0.3, -0.25) is 9.36 Å². The number of carbonyl (C=O) groups is 1. The molecule has 1 heterocycles. The molecule has 6 nitrogen and oxygen atoms in total. The minimum Gasteiger partial charge on any atom is -0.497 e. The Balaban J connectivity index is 1.82. The number of methoxy groups -OCH3 is 1. The molecule has 0 aliphatic rings. The van der Waals surface area contributed by atoms with Crippen LogP contribution in [0.5, 0.6) is 5.75 Å². The SMILES string of the molecule is CCCCCC(=O)NCc1nnc(SCc2cccc(OC)c2)n1-c1ccc(Cl)cc1Cl. The number of hydrogen-bond acceptors (Lipinski definition) is 5. The molecule has 0 bridgehead atoms. The molecule has 3 rings (SSSR count). The third-order valence-corrected chi connectivity index (χ3v) is 6.34. The lowest BCUT2D eigenvalue weighted by Gasteiger charge is -2.13. The minimum atomic E-state index is 0.000728. The number of carbonyl (C=O) groups excluding carboxylic acids is 1. The molecular weight excluding hydrogens is 467 g/mol. The molecule has 9 heteroatoms. The van der Waals surface area contributed by atoms with Gasteiger partial charge in [-0.1, -0.05) is 66.9 Å². The maximum Gasteiger partial charge on any atom is 0.220 e. The van der Waals surface area contributed by atoms with E-state index in [1.807, 2.05) is 34.9 Å². The van der Waals surface area contributed by atoms with E-state index in [2.05, 4.69) is 22.4 Å². The van der Waals surface area contributed by atoms with Crippen LogP contribution in [0.1, 0.15) is 44.0 Å². The standard InChI is InChI=1S/C23H26Cl2N4O2S/c1-3-4-5-9-22(30)26-14-21-27-28-23(29(21)20-11-10-17(24)13-19(20)25)32-15-16-7-6-8-18(12-16)31-2/h6-8,10-13H,3-5,9,14-15H2,1-2H3,(H,26,30). The summed E-state index contributed by atoms with van der Waals surface area (Å²) in [4.78, 5) is 12.2. The van der Waals surface area contributed by atoms with Crippen LogP contribution in [0.25, 0.3) is 5.69 Å². The highest BCUT2D eigenvalue weighted by atomic mass is 35.5.